The fourth-order valence-electron chi connectivity index (χ4n) is 2.70. The minimum Gasteiger partial charge on any atom is -0.353 e. The first-order valence-corrected chi connectivity index (χ1v) is 7.77. The molecule has 4 nitrogen and oxygen atoms in total. The number of hydrogen-bond acceptors (Lipinski definition) is 2. The van der Waals surface area contributed by atoms with E-state index in [4.69, 9.17) is 11.6 Å². The van der Waals surface area contributed by atoms with Gasteiger partial charge in [0, 0.05) is 36.6 Å². The molecular formula is C16H21ClN2O2. The summed E-state index contributed by atoms with van der Waals surface area (Å²) in [6.45, 7) is 1.87. The van der Waals surface area contributed by atoms with Crippen molar-refractivity contribution in [1.29, 1.82) is 0 Å². The molecule has 5 heteroatoms. The van der Waals surface area contributed by atoms with Crippen LogP contribution in [0.2, 0.25) is 5.02 Å². The van der Waals surface area contributed by atoms with Crippen molar-refractivity contribution in [3.05, 3.63) is 29.3 Å². The fraction of sp³-hybridized carbons (Fsp3) is 0.500. The van der Waals surface area contributed by atoms with Crippen molar-refractivity contribution in [3.8, 4) is 0 Å². The van der Waals surface area contributed by atoms with Crippen LogP contribution in [-0.2, 0) is 9.59 Å². The van der Waals surface area contributed by atoms with Gasteiger partial charge >= 0.3 is 0 Å². The second kappa shape index (κ2) is 7.46. The Hall–Kier alpha value is -1.55. The summed E-state index contributed by atoms with van der Waals surface area (Å²) in [7, 11) is 0. The molecule has 1 aromatic rings. The number of nitrogens with zero attached hydrogens (tertiary/aromatic N) is 1. The van der Waals surface area contributed by atoms with Crippen molar-refractivity contribution in [2.24, 2.45) is 0 Å². The smallest absolute Gasteiger partial charge is 0.223 e. The summed E-state index contributed by atoms with van der Waals surface area (Å²) in [5.41, 5.74) is 0.726. The van der Waals surface area contributed by atoms with E-state index in [9.17, 15) is 9.59 Å². The van der Waals surface area contributed by atoms with E-state index in [0.717, 1.165) is 18.5 Å². The number of carbonyl (C=O) groups excluding carboxylic acids is 2. The van der Waals surface area contributed by atoms with Gasteiger partial charge in [-0.3, -0.25) is 9.59 Å². The Morgan fingerprint density at radius 1 is 1.33 bits per heavy atom. The molecule has 1 aliphatic carbocycles. The molecule has 0 unspecified atom stereocenters. The van der Waals surface area contributed by atoms with E-state index in [0.29, 0.717) is 24.0 Å². The summed E-state index contributed by atoms with van der Waals surface area (Å²) >= 11 is 5.95. The van der Waals surface area contributed by atoms with Crippen LogP contribution in [0.5, 0.6) is 0 Å². The lowest BCUT2D eigenvalue weighted by Gasteiger charge is -2.21. The molecule has 114 valence electrons. The van der Waals surface area contributed by atoms with Crippen molar-refractivity contribution < 1.29 is 9.59 Å². The molecule has 1 saturated carbocycles. The molecule has 0 atom stereocenters. The molecule has 0 bridgehead atoms. The van der Waals surface area contributed by atoms with Gasteiger partial charge in [-0.25, -0.2) is 0 Å². The lowest BCUT2D eigenvalue weighted by molar-refractivity contribution is -0.121. The quantitative estimate of drug-likeness (QED) is 0.908. The predicted octanol–water partition coefficient (Wildman–Crippen LogP) is 3.14. The minimum absolute atomic E-state index is 0.00942. The predicted molar refractivity (Wildman–Crippen MR) is 84.5 cm³/mol. The molecule has 0 saturated heterocycles. The molecule has 0 heterocycles. The number of benzene rings is 1. The third kappa shape index (κ3) is 4.74. The van der Waals surface area contributed by atoms with Crippen LogP contribution >= 0.6 is 11.6 Å². The van der Waals surface area contributed by atoms with E-state index in [-0.39, 0.29) is 11.8 Å². The van der Waals surface area contributed by atoms with Crippen LogP contribution < -0.4 is 10.2 Å². The van der Waals surface area contributed by atoms with Crippen molar-refractivity contribution in [2.45, 2.75) is 45.1 Å². The second-order valence-corrected chi connectivity index (χ2v) is 5.89. The highest BCUT2D eigenvalue weighted by molar-refractivity contribution is 6.30. The zero-order valence-corrected chi connectivity index (χ0v) is 13.0. The average Bonchev–Trinajstić information content (AvgIpc) is 2.91. The highest BCUT2D eigenvalue weighted by Gasteiger charge is 2.18. The zero-order chi connectivity index (χ0) is 15.2. The van der Waals surface area contributed by atoms with Gasteiger partial charge in [0.2, 0.25) is 11.8 Å². The van der Waals surface area contributed by atoms with Gasteiger partial charge in [-0.15, -0.1) is 0 Å². The molecular weight excluding hydrogens is 288 g/mol. The van der Waals surface area contributed by atoms with Gasteiger partial charge in [0.15, 0.2) is 0 Å². The van der Waals surface area contributed by atoms with E-state index in [1.165, 1.54) is 19.8 Å². The summed E-state index contributed by atoms with van der Waals surface area (Å²) in [4.78, 5) is 25.3. The average molecular weight is 309 g/mol. The van der Waals surface area contributed by atoms with E-state index < -0.39 is 0 Å². The number of hydrogen-bond donors (Lipinski definition) is 1. The third-order valence-electron chi connectivity index (χ3n) is 3.78. The van der Waals surface area contributed by atoms with Gasteiger partial charge in [-0.05, 0) is 31.0 Å². The summed E-state index contributed by atoms with van der Waals surface area (Å²) < 4.78 is 0. The number of anilines is 1. The summed E-state index contributed by atoms with van der Waals surface area (Å²) in [5, 5.41) is 3.61. The van der Waals surface area contributed by atoms with E-state index in [1.54, 1.807) is 23.1 Å². The minimum atomic E-state index is -0.0917. The first kappa shape index (κ1) is 15.8. The number of nitrogens with one attached hydrogen (secondary N) is 1. The van der Waals surface area contributed by atoms with Crippen LogP contribution in [0, 0.1) is 0 Å². The van der Waals surface area contributed by atoms with Gasteiger partial charge in [-0.2, -0.15) is 0 Å². The highest BCUT2D eigenvalue weighted by Crippen LogP contribution is 2.20. The number of rotatable bonds is 5. The van der Waals surface area contributed by atoms with Crippen molar-refractivity contribution >= 4 is 29.1 Å². The fourth-order valence-corrected chi connectivity index (χ4v) is 2.88. The van der Waals surface area contributed by atoms with Gasteiger partial charge in [0.1, 0.15) is 0 Å². The van der Waals surface area contributed by atoms with Crippen LogP contribution in [0.1, 0.15) is 39.0 Å². The maximum Gasteiger partial charge on any atom is 0.223 e. The largest absolute Gasteiger partial charge is 0.353 e. The number of carbonyl (C=O) groups is 2. The summed E-state index contributed by atoms with van der Waals surface area (Å²) in [6.07, 6.45) is 4.82. The Morgan fingerprint density at radius 2 is 2.05 bits per heavy atom. The molecule has 0 spiro atoms. The molecule has 1 N–H and O–H groups in total. The highest BCUT2D eigenvalue weighted by atomic mass is 35.5. The van der Waals surface area contributed by atoms with E-state index in [2.05, 4.69) is 5.32 Å². The van der Waals surface area contributed by atoms with Crippen LogP contribution in [0.3, 0.4) is 0 Å². The summed E-state index contributed by atoms with van der Waals surface area (Å²) in [6, 6.07) is 7.43. The molecule has 0 aliphatic heterocycles. The molecule has 0 aromatic heterocycles. The Balaban J connectivity index is 1.91. The molecule has 1 fully saturated rings. The van der Waals surface area contributed by atoms with Gasteiger partial charge in [-0.1, -0.05) is 30.5 Å². The lowest BCUT2D eigenvalue weighted by atomic mass is 10.2. The molecule has 1 aliphatic rings. The standard InChI is InChI=1S/C16H21ClN2O2/c1-12(20)19(15-8-4-5-13(17)11-15)10-9-16(21)18-14-6-2-3-7-14/h4-5,8,11,14H,2-3,6-7,9-10H2,1H3,(H,18,21). The van der Waals surface area contributed by atoms with Crippen LogP contribution in [0.15, 0.2) is 24.3 Å². The number of halogens is 1. The van der Waals surface area contributed by atoms with Crippen LogP contribution in [-0.4, -0.2) is 24.4 Å². The first-order valence-electron chi connectivity index (χ1n) is 7.39. The summed E-state index contributed by atoms with van der Waals surface area (Å²) in [5.74, 6) is -0.0823. The van der Waals surface area contributed by atoms with Gasteiger partial charge in [0.05, 0.1) is 0 Å². The Bertz CT molecular complexity index is 513. The zero-order valence-electron chi connectivity index (χ0n) is 12.3. The second-order valence-electron chi connectivity index (χ2n) is 5.45. The topological polar surface area (TPSA) is 49.4 Å². The van der Waals surface area contributed by atoms with Gasteiger partial charge in [0.25, 0.3) is 0 Å². The third-order valence-corrected chi connectivity index (χ3v) is 4.02. The van der Waals surface area contributed by atoms with Crippen molar-refractivity contribution in [2.75, 3.05) is 11.4 Å². The Labute approximate surface area is 130 Å². The van der Waals surface area contributed by atoms with Gasteiger partial charge < -0.3 is 10.2 Å². The van der Waals surface area contributed by atoms with E-state index >= 15 is 0 Å². The van der Waals surface area contributed by atoms with Crippen molar-refractivity contribution in [3.63, 3.8) is 0 Å². The monoisotopic (exact) mass is 308 g/mol. The normalized spacial score (nSPS) is 15.0. The first-order chi connectivity index (χ1) is 10.1. The van der Waals surface area contributed by atoms with E-state index in [1.807, 2.05) is 6.07 Å². The Kier molecular flexibility index (Phi) is 5.62. The van der Waals surface area contributed by atoms with Crippen LogP contribution in [0.4, 0.5) is 5.69 Å². The van der Waals surface area contributed by atoms with Crippen LogP contribution in [0.25, 0.3) is 0 Å². The maximum atomic E-state index is 11.9. The molecule has 0 radical (unpaired) electrons. The molecule has 2 rings (SSSR count). The maximum absolute atomic E-state index is 11.9. The lowest BCUT2D eigenvalue weighted by Crippen LogP contribution is -2.37. The molecule has 21 heavy (non-hydrogen) atoms. The van der Waals surface area contributed by atoms with Crippen molar-refractivity contribution in [1.82, 2.24) is 5.32 Å². The molecule has 1 aromatic carbocycles. The number of amides is 2. The molecule has 2 amide bonds. The SMILES string of the molecule is CC(=O)N(CCC(=O)NC1CCCC1)c1cccc(Cl)c1. The Morgan fingerprint density at radius 3 is 2.67 bits per heavy atom.